The number of rotatable bonds is 1. The molecule has 1 fully saturated rings. The minimum atomic E-state index is -0.140. The lowest BCUT2D eigenvalue weighted by atomic mass is 9.85. The number of ketones is 1. The average molecular weight is 192 g/mol. The van der Waals surface area contributed by atoms with Crippen LogP contribution in [0.4, 0.5) is 0 Å². The van der Waals surface area contributed by atoms with E-state index in [-0.39, 0.29) is 5.54 Å². The third-order valence-electron chi connectivity index (χ3n) is 3.29. The summed E-state index contributed by atoms with van der Waals surface area (Å²) in [7, 11) is 2.08. The highest BCUT2D eigenvalue weighted by atomic mass is 16.1. The van der Waals surface area contributed by atoms with Crippen LogP contribution >= 0.6 is 0 Å². The largest absolute Gasteiger partial charge is 0.363 e. The molecule has 76 valence electrons. The lowest BCUT2D eigenvalue weighted by Crippen LogP contribution is -2.47. The Labute approximate surface area is 84.1 Å². The average Bonchev–Trinajstić information content (AvgIpc) is 2.65. The monoisotopic (exact) mass is 192 g/mol. The van der Waals surface area contributed by atoms with Gasteiger partial charge in [-0.15, -0.1) is 0 Å². The summed E-state index contributed by atoms with van der Waals surface area (Å²) in [6, 6.07) is 4.03. The lowest BCUT2D eigenvalue weighted by Gasteiger charge is -2.41. The Balaban J connectivity index is 2.32. The summed E-state index contributed by atoms with van der Waals surface area (Å²) in [6.45, 7) is 2.98. The first-order valence-electron chi connectivity index (χ1n) is 5.00. The molecule has 0 bridgehead atoms. The number of carbonyl (C=O) groups is 1. The van der Waals surface area contributed by atoms with Gasteiger partial charge in [-0.3, -0.25) is 9.69 Å². The number of nitrogens with one attached hydrogen (secondary N) is 1. The van der Waals surface area contributed by atoms with Crippen molar-refractivity contribution in [3.63, 3.8) is 0 Å². The summed E-state index contributed by atoms with van der Waals surface area (Å²) in [5.74, 6) is 0.361. The fourth-order valence-electron chi connectivity index (χ4n) is 2.11. The number of Topliss-reactive ketones (excluding diaryl/α,β-unsaturated/α-hetero) is 1. The van der Waals surface area contributed by atoms with Crippen molar-refractivity contribution in [3.8, 4) is 0 Å². The quantitative estimate of drug-likeness (QED) is 0.732. The van der Waals surface area contributed by atoms with E-state index in [9.17, 15) is 4.79 Å². The summed E-state index contributed by atoms with van der Waals surface area (Å²) in [4.78, 5) is 16.9. The van der Waals surface area contributed by atoms with E-state index >= 15 is 0 Å². The highest BCUT2D eigenvalue weighted by molar-refractivity contribution is 5.80. The van der Waals surface area contributed by atoms with Crippen LogP contribution in [0.25, 0.3) is 0 Å². The summed E-state index contributed by atoms with van der Waals surface area (Å²) < 4.78 is 0. The standard InChI is InChI=1S/C11H16N2O/c1-11(10-4-3-6-12-10)8-9(14)5-7-13(11)2/h3-4,6,12H,5,7-8H2,1-2H3. The molecule has 14 heavy (non-hydrogen) atoms. The highest BCUT2D eigenvalue weighted by Gasteiger charge is 2.37. The molecule has 0 saturated carbocycles. The molecule has 0 spiro atoms. The van der Waals surface area contributed by atoms with E-state index in [4.69, 9.17) is 0 Å². The maximum absolute atomic E-state index is 11.5. The van der Waals surface area contributed by atoms with E-state index in [1.165, 1.54) is 0 Å². The molecule has 1 unspecified atom stereocenters. The van der Waals surface area contributed by atoms with Crippen LogP contribution in [0.15, 0.2) is 18.3 Å². The minimum Gasteiger partial charge on any atom is -0.363 e. The molecule has 1 aromatic rings. The second kappa shape index (κ2) is 3.24. The van der Waals surface area contributed by atoms with Gasteiger partial charge in [0.15, 0.2) is 0 Å². The summed E-state index contributed by atoms with van der Waals surface area (Å²) >= 11 is 0. The first-order valence-corrected chi connectivity index (χ1v) is 5.00. The molecule has 3 heteroatoms. The van der Waals surface area contributed by atoms with Crippen molar-refractivity contribution in [1.29, 1.82) is 0 Å². The molecular formula is C11H16N2O. The summed E-state index contributed by atoms with van der Waals surface area (Å²) in [5.41, 5.74) is 0.992. The van der Waals surface area contributed by atoms with Crippen molar-refractivity contribution in [2.24, 2.45) is 0 Å². The van der Waals surface area contributed by atoms with Crippen molar-refractivity contribution >= 4 is 5.78 Å². The van der Waals surface area contributed by atoms with Gasteiger partial charge < -0.3 is 4.98 Å². The zero-order valence-corrected chi connectivity index (χ0v) is 8.71. The van der Waals surface area contributed by atoms with Crippen LogP contribution in [0.3, 0.4) is 0 Å². The number of piperidine rings is 1. The van der Waals surface area contributed by atoms with E-state index < -0.39 is 0 Å². The van der Waals surface area contributed by atoms with Crippen molar-refractivity contribution in [2.45, 2.75) is 25.3 Å². The van der Waals surface area contributed by atoms with E-state index in [0.29, 0.717) is 18.6 Å². The van der Waals surface area contributed by atoms with Gasteiger partial charge in [0.05, 0.1) is 5.54 Å². The van der Waals surface area contributed by atoms with Gasteiger partial charge in [0.1, 0.15) is 5.78 Å². The van der Waals surface area contributed by atoms with Crippen LogP contribution in [-0.4, -0.2) is 29.3 Å². The highest BCUT2D eigenvalue weighted by Crippen LogP contribution is 2.33. The van der Waals surface area contributed by atoms with E-state index in [2.05, 4.69) is 29.9 Å². The topological polar surface area (TPSA) is 36.1 Å². The van der Waals surface area contributed by atoms with Gasteiger partial charge >= 0.3 is 0 Å². The molecule has 0 aliphatic carbocycles. The van der Waals surface area contributed by atoms with Gasteiger partial charge in [-0.1, -0.05) is 0 Å². The Morgan fingerprint density at radius 3 is 3.00 bits per heavy atom. The SMILES string of the molecule is CN1CCC(=O)CC1(C)c1ccc[nH]1. The third-order valence-corrected chi connectivity index (χ3v) is 3.29. The van der Waals surface area contributed by atoms with Crippen LogP contribution in [0.2, 0.25) is 0 Å². The first kappa shape index (κ1) is 9.46. The Morgan fingerprint density at radius 1 is 1.57 bits per heavy atom. The number of H-pyrrole nitrogens is 1. The predicted molar refractivity (Wildman–Crippen MR) is 55.0 cm³/mol. The Morgan fingerprint density at radius 2 is 2.36 bits per heavy atom. The molecule has 2 heterocycles. The van der Waals surface area contributed by atoms with Crippen LogP contribution in [-0.2, 0) is 10.3 Å². The lowest BCUT2D eigenvalue weighted by molar-refractivity contribution is -0.125. The van der Waals surface area contributed by atoms with E-state index in [1.54, 1.807) is 0 Å². The minimum absolute atomic E-state index is 0.140. The number of aromatic nitrogens is 1. The van der Waals surface area contributed by atoms with Gasteiger partial charge in [-0.05, 0) is 26.1 Å². The van der Waals surface area contributed by atoms with Crippen molar-refractivity contribution in [3.05, 3.63) is 24.0 Å². The molecular weight excluding hydrogens is 176 g/mol. The number of likely N-dealkylation sites (tertiary alicyclic amines) is 1. The fourth-order valence-corrected chi connectivity index (χ4v) is 2.11. The first-order chi connectivity index (χ1) is 6.63. The third kappa shape index (κ3) is 1.38. The molecule has 2 rings (SSSR count). The van der Waals surface area contributed by atoms with Crippen molar-refractivity contribution in [2.75, 3.05) is 13.6 Å². The smallest absolute Gasteiger partial charge is 0.136 e. The molecule has 3 nitrogen and oxygen atoms in total. The molecule has 1 aliphatic rings. The molecule has 1 N–H and O–H groups in total. The molecule has 1 aromatic heterocycles. The van der Waals surface area contributed by atoms with E-state index in [1.807, 2.05) is 12.3 Å². The molecule has 1 atom stereocenters. The van der Waals surface area contributed by atoms with Gasteiger partial charge in [0, 0.05) is 31.3 Å². The molecule has 0 radical (unpaired) electrons. The van der Waals surface area contributed by atoms with Gasteiger partial charge in [-0.2, -0.15) is 0 Å². The van der Waals surface area contributed by atoms with Crippen LogP contribution in [0, 0.1) is 0 Å². The van der Waals surface area contributed by atoms with Crippen molar-refractivity contribution < 1.29 is 4.79 Å². The predicted octanol–water partition coefficient (Wildman–Crippen LogP) is 1.52. The normalized spacial score (nSPS) is 29.4. The van der Waals surface area contributed by atoms with Gasteiger partial charge in [0.25, 0.3) is 0 Å². The van der Waals surface area contributed by atoms with Crippen LogP contribution in [0.5, 0.6) is 0 Å². The number of hydrogen-bond acceptors (Lipinski definition) is 2. The molecule has 1 saturated heterocycles. The molecule has 0 aromatic carbocycles. The Kier molecular flexibility index (Phi) is 2.19. The Bertz CT molecular complexity index is 331. The number of hydrogen-bond donors (Lipinski definition) is 1. The number of carbonyl (C=O) groups excluding carboxylic acids is 1. The summed E-state index contributed by atoms with van der Waals surface area (Å²) in [5, 5.41) is 0. The Hall–Kier alpha value is -1.09. The van der Waals surface area contributed by atoms with Crippen LogP contribution in [0.1, 0.15) is 25.5 Å². The molecule has 1 aliphatic heterocycles. The van der Waals surface area contributed by atoms with Gasteiger partial charge in [-0.25, -0.2) is 0 Å². The summed E-state index contributed by atoms with van der Waals surface area (Å²) in [6.07, 6.45) is 3.21. The fraction of sp³-hybridized carbons (Fsp3) is 0.545. The second-order valence-corrected chi connectivity index (χ2v) is 4.24. The number of nitrogens with zero attached hydrogens (tertiary/aromatic N) is 1. The zero-order chi connectivity index (χ0) is 10.2. The maximum atomic E-state index is 11.5. The number of aromatic amines is 1. The maximum Gasteiger partial charge on any atom is 0.136 e. The van der Waals surface area contributed by atoms with E-state index in [0.717, 1.165) is 12.2 Å². The van der Waals surface area contributed by atoms with Crippen LogP contribution < -0.4 is 0 Å². The second-order valence-electron chi connectivity index (χ2n) is 4.24. The van der Waals surface area contributed by atoms with Gasteiger partial charge in [0.2, 0.25) is 0 Å². The van der Waals surface area contributed by atoms with Crippen molar-refractivity contribution in [1.82, 2.24) is 9.88 Å². The molecule has 0 amide bonds. The zero-order valence-electron chi connectivity index (χ0n) is 8.71.